The van der Waals surface area contributed by atoms with E-state index in [-0.39, 0.29) is 11.9 Å². The van der Waals surface area contributed by atoms with E-state index in [0.717, 1.165) is 24.2 Å². The van der Waals surface area contributed by atoms with Gasteiger partial charge in [-0.2, -0.15) is 0 Å². The first kappa shape index (κ1) is 17.3. The molecule has 1 amide bonds. The Kier molecular flexibility index (Phi) is 5.30. The summed E-state index contributed by atoms with van der Waals surface area (Å²) in [5.41, 5.74) is 6.70. The summed E-state index contributed by atoms with van der Waals surface area (Å²) in [5.74, 6) is 0.0284. The van der Waals surface area contributed by atoms with Crippen molar-refractivity contribution in [3.63, 3.8) is 0 Å². The molecule has 0 unspecified atom stereocenters. The smallest absolute Gasteiger partial charge is 0.268 e. The van der Waals surface area contributed by atoms with Crippen LogP contribution in [0.2, 0.25) is 0 Å². The van der Waals surface area contributed by atoms with Crippen LogP contribution < -0.4 is 5.32 Å². The van der Waals surface area contributed by atoms with E-state index in [1.165, 1.54) is 22.4 Å². The summed E-state index contributed by atoms with van der Waals surface area (Å²) in [4.78, 5) is 12.7. The summed E-state index contributed by atoms with van der Waals surface area (Å²) >= 11 is 0. The Labute approximate surface area is 139 Å². The third kappa shape index (κ3) is 3.66. The van der Waals surface area contributed by atoms with Crippen molar-refractivity contribution in [3.05, 3.63) is 57.9 Å². The van der Waals surface area contributed by atoms with Crippen molar-refractivity contribution in [1.82, 2.24) is 9.88 Å². The van der Waals surface area contributed by atoms with Gasteiger partial charge in [0, 0.05) is 18.3 Å². The van der Waals surface area contributed by atoms with E-state index in [1.807, 2.05) is 13.8 Å². The van der Waals surface area contributed by atoms with E-state index in [2.05, 4.69) is 61.8 Å². The first-order chi connectivity index (χ1) is 10.8. The molecule has 3 heteroatoms. The van der Waals surface area contributed by atoms with Crippen molar-refractivity contribution < 1.29 is 4.79 Å². The van der Waals surface area contributed by atoms with E-state index in [1.54, 1.807) is 0 Å². The van der Waals surface area contributed by atoms with Crippen molar-refractivity contribution in [3.8, 4) is 0 Å². The molecular formula is C20H28N2O. The van der Waals surface area contributed by atoms with Crippen LogP contribution in [0.5, 0.6) is 0 Å². The molecule has 1 aromatic heterocycles. The highest BCUT2D eigenvalue weighted by Gasteiger charge is 2.21. The fourth-order valence-corrected chi connectivity index (χ4v) is 2.90. The molecule has 2 aromatic rings. The number of carbonyl (C=O) groups excluding carboxylic acids is 1. The Morgan fingerprint density at radius 3 is 2.48 bits per heavy atom. The van der Waals surface area contributed by atoms with Crippen LogP contribution in [0.15, 0.2) is 24.3 Å². The summed E-state index contributed by atoms with van der Waals surface area (Å²) in [6.45, 7) is 13.2. The number of nitrogens with one attached hydrogen (secondary N) is 1. The van der Waals surface area contributed by atoms with E-state index in [9.17, 15) is 4.79 Å². The van der Waals surface area contributed by atoms with Gasteiger partial charge in [0.15, 0.2) is 0 Å². The third-order valence-electron chi connectivity index (χ3n) is 4.76. The average Bonchev–Trinajstić information content (AvgIpc) is 2.71. The monoisotopic (exact) mass is 312 g/mol. The summed E-state index contributed by atoms with van der Waals surface area (Å²) < 4.78 is 2.15. The van der Waals surface area contributed by atoms with Crippen molar-refractivity contribution >= 4 is 5.91 Å². The van der Waals surface area contributed by atoms with Crippen molar-refractivity contribution in [1.29, 1.82) is 0 Å². The van der Waals surface area contributed by atoms with Crippen LogP contribution in [0.3, 0.4) is 0 Å². The highest BCUT2D eigenvalue weighted by molar-refractivity contribution is 5.95. The van der Waals surface area contributed by atoms with E-state index < -0.39 is 0 Å². The van der Waals surface area contributed by atoms with Gasteiger partial charge in [-0.15, -0.1) is 0 Å². The lowest BCUT2D eigenvalue weighted by molar-refractivity contribution is 0.0929. The molecule has 0 saturated heterocycles. The topological polar surface area (TPSA) is 34.0 Å². The number of amides is 1. The van der Waals surface area contributed by atoms with Crippen LogP contribution in [0.25, 0.3) is 0 Å². The van der Waals surface area contributed by atoms with Gasteiger partial charge in [0.25, 0.3) is 5.91 Å². The zero-order chi connectivity index (χ0) is 17.1. The minimum Gasteiger partial charge on any atom is -0.348 e. The van der Waals surface area contributed by atoms with Crippen LogP contribution in [0.4, 0.5) is 0 Å². The molecule has 0 aliphatic carbocycles. The lowest BCUT2D eigenvalue weighted by Crippen LogP contribution is -2.34. The third-order valence-corrected chi connectivity index (χ3v) is 4.76. The number of aryl methyl sites for hydroxylation is 1. The van der Waals surface area contributed by atoms with Gasteiger partial charge in [-0.3, -0.25) is 4.79 Å². The molecule has 124 valence electrons. The zero-order valence-corrected chi connectivity index (χ0v) is 15.2. The summed E-state index contributed by atoms with van der Waals surface area (Å²) in [5, 5.41) is 3.11. The van der Waals surface area contributed by atoms with E-state index in [4.69, 9.17) is 0 Å². The molecular weight excluding hydrogens is 284 g/mol. The van der Waals surface area contributed by atoms with Crippen LogP contribution in [-0.4, -0.2) is 16.5 Å². The van der Waals surface area contributed by atoms with Gasteiger partial charge in [-0.1, -0.05) is 36.8 Å². The number of nitrogens with zero attached hydrogens (tertiary/aromatic N) is 1. The first-order valence-corrected chi connectivity index (χ1v) is 8.37. The number of carbonyl (C=O) groups is 1. The van der Waals surface area contributed by atoms with Crippen molar-refractivity contribution in [2.24, 2.45) is 0 Å². The predicted molar refractivity (Wildman–Crippen MR) is 96.1 cm³/mol. The Balaban J connectivity index is 2.42. The molecule has 0 aliphatic rings. The van der Waals surface area contributed by atoms with Gasteiger partial charge in [0.2, 0.25) is 0 Å². The maximum Gasteiger partial charge on any atom is 0.268 e. The lowest BCUT2D eigenvalue weighted by atomic mass is 10.1. The fourth-order valence-electron chi connectivity index (χ4n) is 2.90. The quantitative estimate of drug-likeness (QED) is 0.877. The second-order valence-electron chi connectivity index (χ2n) is 6.54. The molecule has 0 radical (unpaired) electrons. The van der Waals surface area contributed by atoms with E-state index >= 15 is 0 Å². The predicted octanol–water partition coefficient (Wildman–Crippen LogP) is 4.30. The molecule has 0 saturated carbocycles. The van der Waals surface area contributed by atoms with Crippen LogP contribution in [-0.2, 0) is 6.54 Å². The minimum absolute atomic E-state index is 0.0284. The fraction of sp³-hybridized carbons (Fsp3) is 0.450. The van der Waals surface area contributed by atoms with Gasteiger partial charge >= 0.3 is 0 Å². The van der Waals surface area contributed by atoms with E-state index in [0.29, 0.717) is 0 Å². The summed E-state index contributed by atoms with van der Waals surface area (Å²) in [6, 6.07) is 8.65. The minimum atomic E-state index is 0.0284. The molecule has 1 atom stereocenters. The SMILES string of the molecule is CC[C@H](C)NC(=O)c1c(C)c(C)c(C)n1Cc1cccc(C)c1. The standard InChI is InChI=1S/C20H28N2O/c1-7-14(3)21-20(23)19-16(5)15(4)17(6)22(19)12-18-10-8-9-13(2)11-18/h8-11,14H,7,12H2,1-6H3,(H,21,23)/t14-/m0/s1. The Hall–Kier alpha value is -2.03. The molecule has 0 fully saturated rings. The van der Waals surface area contributed by atoms with Crippen LogP contribution in [0, 0.1) is 27.7 Å². The molecule has 1 aromatic carbocycles. The van der Waals surface area contributed by atoms with Gasteiger partial charge < -0.3 is 9.88 Å². The largest absolute Gasteiger partial charge is 0.348 e. The van der Waals surface area contributed by atoms with Crippen molar-refractivity contribution in [2.45, 2.75) is 60.5 Å². The molecule has 2 rings (SSSR count). The van der Waals surface area contributed by atoms with Gasteiger partial charge in [0.05, 0.1) is 0 Å². The molecule has 0 aliphatic heterocycles. The number of hydrogen-bond acceptors (Lipinski definition) is 1. The molecule has 1 heterocycles. The number of hydrogen-bond donors (Lipinski definition) is 1. The maximum atomic E-state index is 12.7. The highest BCUT2D eigenvalue weighted by atomic mass is 16.2. The van der Waals surface area contributed by atoms with Gasteiger partial charge in [-0.25, -0.2) is 0 Å². The number of benzene rings is 1. The number of rotatable bonds is 5. The first-order valence-electron chi connectivity index (χ1n) is 8.37. The zero-order valence-electron chi connectivity index (χ0n) is 15.2. The average molecular weight is 312 g/mol. The molecule has 23 heavy (non-hydrogen) atoms. The van der Waals surface area contributed by atoms with Crippen LogP contribution >= 0.6 is 0 Å². The van der Waals surface area contributed by atoms with Crippen LogP contribution in [0.1, 0.15) is 58.7 Å². The normalized spacial score (nSPS) is 12.3. The molecule has 0 bridgehead atoms. The highest BCUT2D eigenvalue weighted by Crippen LogP contribution is 2.23. The molecule has 1 N–H and O–H groups in total. The second kappa shape index (κ2) is 7.03. The summed E-state index contributed by atoms with van der Waals surface area (Å²) in [7, 11) is 0. The Bertz CT molecular complexity index is 713. The Morgan fingerprint density at radius 2 is 1.87 bits per heavy atom. The Morgan fingerprint density at radius 1 is 1.17 bits per heavy atom. The van der Waals surface area contributed by atoms with Gasteiger partial charge in [0.1, 0.15) is 5.69 Å². The summed E-state index contributed by atoms with van der Waals surface area (Å²) in [6.07, 6.45) is 0.932. The molecule has 3 nitrogen and oxygen atoms in total. The van der Waals surface area contributed by atoms with Crippen molar-refractivity contribution in [2.75, 3.05) is 0 Å². The van der Waals surface area contributed by atoms with Gasteiger partial charge in [-0.05, 0) is 57.7 Å². The molecule has 0 spiro atoms. The maximum absolute atomic E-state index is 12.7. The second-order valence-corrected chi connectivity index (χ2v) is 6.54. The lowest BCUT2D eigenvalue weighted by Gasteiger charge is -2.16. The number of aromatic nitrogens is 1.